The quantitative estimate of drug-likeness (QED) is 0.713. The van der Waals surface area contributed by atoms with Crippen LogP contribution in [0.4, 0.5) is 0 Å². The molecular formula is C11H12O3. The Kier molecular flexibility index (Phi) is 2.50. The van der Waals surface area contributed by atoms with Gasteiger partial charge in [-0.3, -0.25) is 4.79 Å². The van der Waals surface area contributed by atoms with Crippen molar-refractivity contribution >= 4 is 5.97 Å². The van der Waals surface area contributed by atoms with E-state index in [4.69, 9.17) is 9.84 Å². The van der Waals surface area contributed by atoms with Gasteiger partial charge >= 0.3 is 5.97 Å². The van der Waals surface area contributed by atoms with E-state index in [-0.39, 0.29) is 24.6 Å². The van der Waals surface area contributed by atoms with Crippen molar-refractivity contribution in [1.82, 2.24) is 0 Å². The maximum absolute atomic E-state index is 11.1. The summed E-state index contributed by atoms with van der Waals surface area (Å²) in [5.74, 6) is -0.216. The van der Waals surface area contributed by atoms with Crippen molar-refractivity contribution in [3.8, 4) is 0 Å². The van der Waals surface area contributed by atoms with Gasteiger partial charge in [-0.05, 0) is 5.56 Å². The molecule has 1 aliphatic heterocycles. The molecule has 0 radical (unpaired) electrons. The minimum atomic E-state index is -0.370. The number of carbonyl (C=O) groups is 1. The van der Waals surface area contributed by atoms with Gasteiger partial charge < -0.3 is 9.84 Å². The molecule has 1 heterocycles. The Balaban J connectivity index is 2.22. The molecule has 1 aliphatic rings. The Bertz CT molecular complexity index is 321. The first kappa shape index (κ1) is 9.21. The normalized spacial score (nSPS) is 26.2. The first-order chi connectivity index (χ1) is 6.81. The van der Waals surface area contributed by atoms with Crippen molar-refractivity contribution in [2.75, 3.05) is 6.61 Å². The van der Waals surface area contributed by atoms with Gasteiger partial charge in [-0.15, -0.1) is 0 Å². The molecule has 1 aromatic rings. The van der Waals surface area contributed by atoms with Crippen LogP contribution in [-0.2, 0) is 9.53 Å². The molecule has 0 aromatic heterocycles. The zero-order chi connectivity index (χ0) is 9.97. The smallest absolute Gasteiger partial charge is 0.306 e. The molecule has 14 heavy (non-hydrogen) atoms. The van der Waals surface area contributed by atoms with Crippen molar-refractivity contribution < 1.29 is 14.6 Å². The number of aliphatic hydroxyl groups excluding tert-OH is 1. The second-order valence-electron chi connectivity index (χ2n) is 3.43. The number of hydrogen-bond donors (Lipinski definition) is 1. The number of cyclic esters (lactones) is 1. The van der Waals surface area contributed by atoms with E-state index >= 15 is 0 Å². The Hall–Kier alpha value is -1.35. The predicted octanol–water partition coefficient (Wildman–Crippen LogP) is 1.08. The van der Waals surface area contributed by atoms with Crippen LogP contribution in [0.15, 0.2) is 30.3 Å². The van der Waals surface area contributed by atoms with Crippen LogP contribution in [0.3, 0.4) is 0 Å². The third-order valence-electron chi connectivity index (χ3n) is 2.53. The lowest BCUT2D eigenvalue weighted by atomic mass is 9.93. The lowest BCUT2D eigenvalue weighted by molar-refractivity contribution is -0.142. The Morgan fingerprint density at radius 1 is 1.36 bits per heavy atom. The van der Waals surface area contributed by atoms with E-state index in [1.807, 2.05) is 30.3 Å². The third-order valence-corrected chi connectivity index (χ3v) is 2.53. The van der Waals surface area contributed by atoms with E-state index in [9.17, 15) is 4.79 Å². The fraction of sp³-hybridized carbons (Fsp3) is 0.364. The summed E-state index contributed by atoms with van der Waals surface area (Å²) >= 11 is 0. The molecule has 1 aromatic carbocycles. The van der Waals surface area contributed by atoms with Crippen LogP contribution in [0.1, 0.15) is 17.9 Å². The fourth-order valence-corrected chi connectivity index (χ4v) is 1.81. The molecule has 0 unspecified atom stereocenters. The van der Waals surface area contributed by atoms with Crippen molar-refractivity contribution in [3.63, 3.8) is 0 Å². The number of hydrogen-bond acceptors (Lipinski definition) is 3. The van der Waals surface area contributed by atoms with Crippen LogP contribution in [0.25, 0.3) is 0 Å². The van der Waals surface area contributed by atoms with Gasteiger partial charge in [-0.2, -0.15) is 0 Å². The van der Waals surface area contributed by atoms with Gasteiger partial charge in [0.15, 0.2) is 0 Å². The van der Waals surface area contributed by atoms with Gasteiger partial charge in [0, 0.05) is 5.92 Å². The Labute approximate surface area is 82.3 Å². The van der Waals surface area contributed by atoms with Crippen LogP contribution in [-0.4, -0.2) is 23.8 Å². The molecule has 1 fully saturated rings. The van der Waals surface area contributed by atoms with Crippen LogP contribution in [0.5, 0.6) is 0 Å². The first-order valence-corrected chi connectivity index (χ1v) is 4.66. The Morgan fingerprint density at radius 3 is 2.71 bits per heavy atom. The first-order valence-electron chi connectivity index (χ1n) is 4.66. The standard InChI is InChI=1S/C11H12O3/c12-7-10-9(6-11(13)14-10)8-4-2-1-3-5-8/h1-5,9-10,12H,6-7H2/t9-,10-/m1/s1. The van der Waals surface area contributed by atoms with Crippen LogP contribution < -0.4 is 0 Å². The van der Waals surface area contributed by atoms with E-state index in [2.05, 4.69) is 0 Å². The van der Waals surface area contributed by atoms with E-state index in [1.165, 1.54) is 0 Å². The number of esters is 1. The van der Waals surface area contributed by atoms with Gasteiger partial charge in [0.1, 0.15) is 6.10 Å². The molecule has 1 N–H and O–H groups in total. The average Bonchev–Trinajstić information content (AvgIpc) is 2.61. The summed E-state index contributed by atoms with van der Waals surface area (Å²) in [7, 11) is 0. The fourth-order valence-electron chi connectivity index (χ4n) is 1.81. The van der Waals surface area contributed by atoms with Gasteiger partial charge in [-0.25, -0.2) is 0 Å². The molecule has 3 nitrogen and oxygen atoms in total. The molecule has 2 atom stereocenters. The molecule has 0 bridgehead atoms. The molecule has 74 valence electrons. The maximum atomic E-state index is 11.1. The topological polar surface area (TPSA) is 46.5 Å². The molecule has 0 aliphatic carbocycles. The Morgan fingerprint density at radius 2 is 2.07 bits per heavy atom. The highest BCUT2D eigenvalue weighted by atomic mass is 16.6. The molecule has 0 saturated carbocycles. The number of rotatable bonds is 2. The van der Waals surface area contributed by atoms with E-state index in [0.29, 0.717) is 6.42 Å². The lowest BCUT2D eigenvalue weighted by Crippen LogP contribution is -2.18. The van der Waals surface area contributed by atoms with E-state index < -0.39 is 0 Å². The summed E-state index contributed by atoms with van der Waals surface area (Å²) in [5, 5.41) is 9.04. The zero-order valence-corrected chi connectivity index (χ0v) is 7.72. The highest BCUT2D eigenvalue weighted by molar-refractivity contribution is 5.73. The summed E-state index contributed by atoms with van der Waals surface area (Å²) in [4.78, 5) is 11.1. The minimum absolute atomic E-state index is 0.00806. The van der Waals surface area contributed by atoms with E-state index in [0.717, 1.165) is 5.56 Å². The number of ether oxygens (including phenoxy) is 1. The minimum Gasteiger partial charge on any atom is -0.459 e. The third kappa shape index (κ3) is 1.63. The van der Waals surface area contributed by atoms with Crippen LogP contribution in [0, 0.1) is 0 Å². The molecule has 2 rings (SSSR count). The van der Waals surface area contributed by atoms with Crippen molar-refractivity contribution in [1.29, 1.82) is 0 Å². The summed E-state index contributed by atoms with van der Waals surface area (Å²) in [6.45, 7) is -0.106. The molecular weight excluding hydrogens is 180 g/mol. The summed E-state index contributed by atoms with van der Waals surface area (Å²) < 4.78 is 4.99. The summed E-state index contributed by atoms with van der Waals surface area (Å²) in [5.41, 5.74) is 1.05. The number of benzene rings is 1. The van der Waals surface area contributed by atoms with Crippen molar-refractivity contribution in [2.45, 2.75) is 18.4 Å². The number of carbonyl (C=O) groups excluding carboxylic acids is 1. The van der Waals surface area contributed by atoms with Gasteiger partial charge in [0.2, 0.25) is 0 Å². The monoisotopic (exact) mass is 192 g/mol. The second kappa shape index (κ2) is 3.80. The summed E-state index contributed by atoms with van der Waals surface area (Å²) in [6, 6.07) is 9.68. The van der Waals surface area contributed by atoms with Gasteiger partial charge in [0.25, 0.3) is 0 Å². The lowest BCUT2D eigenvalue weighted by Gasteiger charge is -2.14. The van der Waals surface area contributed by atoms with E-state index in [1.54, 1.807) is 0 Å². The average molecular weight is 192 g/mol. The molecule has 0 amide bonds. The molecule has 1 saturated heterocycles. The SMILES string of the molecule is O=C1C[C@H](c2ccccc2)[C@@H](CO)O1. The van der Waals surface area contributed by atoms with Crippen molar-refractivity contribution in [2.24, 2.45) is 0 Å². The van der Waals surface area contributed by atoms with Crippen LogP contribution in [0.2, 0.25) is 0 Å². The maximum Gasteiger partial charge on any atom is 0.306 e. The predicted molar refractivity (Wildman–Crippen MR) is 50.8 cm³/mol. The zero-order valence-electron chi connectivity index (χ0n) is 7.72. The largest absolute Gasteiger partial charge is 0.459 e. The number of aliphatic hydroxyl groups is 1. The van der Waals surface area contributed by atoms with Gasteiger partial charge in [0.05, 0.1) is 13.0 Å². The highest BCUT2D eigenvalue weighted by Gasteiger charge is 2.34. The van der Waals surface area contributed by atoms with Gasteiger partial charge in [-0.1, -0.05) is 30.3 Å². The molecule has 3 heteroatoms. The second-order valence-corrected chi connectivity index (χ2v) is 3.43. The van der Waals surface area contributed by atoms with Crippen LogP contribution >= 0.6 is 0 Å². The molecule has 0 spiro atoms. The van der Waals surface area contributed by atoms with Crippen molar-refractivity contribution in [3.05, 3.63) is 35.9 Å². The summed E-state index contributed by atoms with van der Waals surface area (Å²) in [6.07, 6.45) is -0.000185. The highest BCUT2D eigenvalue weighted by Crippen LogP contribution is 2.31.